The molecule has 1 unspecified atom stereocenters. The lowest BCUT2D eigenvalue weighted by molar-refractivity contribution is -0.384. The molecule has 30 heavy (non-hydrogen) atoms. The van der Waals surface area contributed by atoms with Gasteiger partial charge < -0.3 is 19.1 Å². The summed E-state index contributed by atoms with van der Waals surface area (Å²) in [6.45, 7) is 4.23. The number of esters is 1. The molecule has 8 heteroatoms. The maximum Gasteiger partial charge on any atom is 0.338 e. The summed E-state index contributed by atoms with van der Waals surface area (Å²) in [4.78, 5) is 25.5. The van der Waals surface area contributed by atoms with Gasteiger partial charge in [0.15, 0.2) is 0 Å². The lowest BCUT2D eigenvalue weighted by Gasteiger charge is -2.36. The van der Waals surface area contributed by atoms with E-state index in [9.17, 15) is 14.9 Å². The van der Waals surface area contributed by atoms with Crippen molar-refractivity contribution < 1.29 is 23.9 Å². The second-order valence-corrected chi connectivity index (χ2v) is 7.80. The van der Waals surface area contributed by atoms with Crippen LogP contribution in [0.3, 0.4) is 0 Å². The highest BCUT2D eigenvalue weighted by atomic mass is 16.6. The molecule has 2 heterocycles. The van der Waals surface area contributed by atoms with E-state index in [2.05, 4.69) is 0 Å². The molecule has 1 fully saturated rings. The molecular formula is C22H24N2O6. The van der Waals surface area contributed by atoms with Gasteiger partial charge in [0.1, 0.15) is 23.6 Å². The quantitative estimate of drug-likeness (QED) is 0.422. The monoisotopic (exact) mass is 412 g/mol. The molecule has 0 spiro atoms. The van der Waals surface area contributed by atoms with Crippen molar-refractivity contribution in [3.8, 4) is 5.75 Å². The third-order valence-electron chi connectivity index (χ3n) is 5.50. The number of carbonyl (C=O) groups is 1. The van der Waals surface area contributed by atoms with Gasteiger partial charge in [-0.1, -0.05) is 18.2 Å². The zero-order chi connectivity index (χ0) is 21.1. The number of ether oxygens (including phenoxy) is 3. The zero-order valence-corrected chi connectivity index (χ0v) is 16.8. The number of anilines is 1. The number of nitrogens with zero attached hydrogens (tertiary/aromatic N) is 2. The Labute approximate surface area is 174 Å². The van der Waals surface area contributed by atoms with E-state index < -0.39 is 11.6 Å². The molecule has 0 radical (unpaired) electrons. The van der Waals surface area contributed by atoms with E-state index in [0.29, 0.717) is 56.1 Å². The smallest absolute Gasteiger partial charge is 0.338 e. The molecule has 2 aliphatic rings. The number of rotatable bonds is 5. The van der Waals surface area contributed by atoms with Gasteiger partial charge in [0.2, 0.25) is 0 Å². The molecule has 8 nitrogen and oxygen atoms in total. The van der Waals surface area contributed by atoms with Crippen LogP contribution in [0.2, 0.25) is 0 Å². The van der Waals surface area contributed by atoms with E-state index in [4.69, 9.17) is 14.2 Å². The summed E-state index contributed by atoms with van der Waals surface area (Å²) >= 11 is 0. The molecule has 1 saturated heterocycles. The summed E-state index contributed by atoms with van der Waals surface area (Å²) in [6, 6.07) is 12.2. The second kappa shape index (κ2) is 8.31. The number of benzene rings is 2. The van der Waals surface area contributed by atoms with Crippen LogP contribution in [0.5, 0.6) is 5.75 Å². The van der Waals surface area contributed by atoms with Gasteiger partial charge in [-0.2, -0.15) is 0 Å². The third-order valence-corrected chi connectivity index (χ3v) is 5.50. The molecule has 2 aliphatic heterocycles. The summed E-state index contributed by atoms with van der Waals surface area (Å²) in [7, 11) is 0. The molecule has 2 aromatic carbocycles. The minimum Gasteiger partial charge on any atom is -0.484 e. The van der Waals surface area contributed by atoms with Crippen molar-refractivity contribution in [3.05, 3.63) is 63.7 Å². The molecule has 0 amide bonds. The number of morpholine rings is 1. The molecule has 0 N–H and O–H groups in total. The van der Waals surface area contributed by atoms with Crippen LogP contribution in [-0.4, -0.2) is 49.4 Å². The van der Waals surface area contributed by atoms with Gasteiger partial charge in [-0.15, -0.1) is 0 Å². The first-order chi connectivity index (χ1) is 14.5. The summed E-state index contributed by atoms with van der Waals surface area (Å²) in [6.07, 6.45) is 1.20. The highest BCUT2D eigenvalue weighted by Gasteiger charge is 2.36. The minimum atomic E-state index is -0.699. The number of aryl methyl sites for hydroxylation is 1. The average Bonchev–Trinajstić information content (AvgIpc) is 2.77. The van der Waals surface area contributed by atoms with Gasteiger partial charge in [-0.25, -0.2) is 4.79 Å². The van der Waals surface area contributed by atoms with Gasteiger partial charge in [0, 0.05) is 30.8 Å². The molecule has 0 aliphatic carbocycles. The fourth-order valence-electron chi connectivity index (χ4n) is 3.79. The molecule has 0 bridgehead atoms. The van der Waals surface area contributed by atoms with Gasteiger partial charge in [-0.3, -0.25) is 10.1 Å². The standard InChI is InChI=1S/C22H24N2O6/c1-22(15-29-21(25)16-5-3-2-4-6-16)8-7-17-13-19(24(26)27)18(14-20(17)30-22)23-9-11-28-12-10-23/h2-6,13-14H,7-12,15H2,1H3. The summed E-state index contributed by atoms with van der Waals surface area (Å²) in [5, 5.41) is 11.6. The first kappa shape index (κ1) is 20.2. The Morgan fingerprint density at radius 2 is 1.97 bits per heavy atom. The Morgan fingerprint density at radius 1 is 1.23 bits per heavy atom. The summed E-state index contributed by atoms with van der Waals surface area (Å²) < 4.78 is 17.1. The highest BCUT2D eigenvalue weighted by Crippen LogP contribution is 2.41. The van der Waals surface area contributed by atoms with Crippen molar-refractivity contribution in [1.82, 2.24) is 0 Å². The zero-order valence-electron chi connectivity index (χ0n) is 16.8. The number of nitro benzene ring substituents is 1. The van der Waals surface area contributed by atoms with E-state index in [-0.39, 0.29) is 17.2 Å². The van der Waals surface area contributed by atoms with Crippen LogP contribution in [-0.2, 0) is 15.9 Å². The van der Waals surface area contributed by atoms with Gasteiger partial charge in [0.05, 0.1) is 23.7 Å². The molecule has 4 rings (SSSR count). The van der Waals surface area contributed by atoms with Crippen LogP contribution in [0.4, 0.5) is 11.4 Å². The molecule has 1 atom stereocenters. The van der Waals surface area contributed by atoms with Crippen molar-refractivity contribution in [3.63, 3.8) is 0 Å². The van der Waals surface area contributed by atoms with E-state index in [1.165, 1.54) is 0 Å². The van der Waals surface area contributed by atoms with Crippen molar-refractivity contribution in [2.45, 2.75) is 25.4 Å². The van der Waals surface area contributed by atoms with E-state index in [0.717, 1.165) is 5.56 Å². The predicted molar refractivity (Wildman–Crippen MR) is 110 cm³/mol. The van der Waals surface area contributed by atoms with Crippen molar-refractivity contribution in [2.24, 2.45) is 0 Å². The largest absolute Gasteiger partial charge is 0.484 e. The SMILES string of the molecule is CC1(COC(=O)c2ccccc2)CCc2cc([N+](=O)[O-])c(N3CCOCC3)cc2O1. The van der Waals surface area contributed by atoms with E-state index in [1.807, 2.05) is 17.9 Å². The predicted octanol–water partition coefficient (Wildman–Crippen LogP) is 3.37. The first-order valence-corrected chi connectivity index (χ1v) is 10.0. The van der Waals surface area contributed by atoms with Crippen LogP contribution in [0.1, 0.15) is 29.3 Å². The Morgan fingerprint density at radius 3 is 2.67 bits per heavy atom. The van der Waals surface area contributed by atoms with Crippen LogP contribution < -0.4 is 9.64 Å². The lowest BCUT2D eigenvalue weighted by Crippen LogP contribution is -2.42. The fourth-order valence-corrected chi connectivity index (χ4v) is 3.79. The number of carbonyl (C=O) groups excluding carboxylic acids is 1. The number of nitro groups is 1. The Bertz CT molecular complexity index is 942. The topological polar surface area (TPSA) is 91.1 Å². The summed E-state index contributed by atoms with van der Waals surface area (Å²) in [5.74, 6) is 0.204. The van der Waals surface area contributed by atoms with Crippen molar-refractivity contribution in [2.75, 3.05) is 37.8 Å². The van der Waals surface area contributed by atoms with Crippen LogP contribution in [0.15, 0.2) is 42.5 Å². The fraction of sp³-hybridized carbons (Fsp3) is 0.409. The van der Waals surface area contributed by atoms with Gasteiger partial charge in [-0.05, 0) is 31.9 Å². The normalized spacial score (nSPS) is 20.8. The third kappa shape index (κ3) is 4.23. The van der Waals surface area contributed by atoms with E-state index >= 15 is 0 Å². The Kier molecular flexibility index (Phi) is 5.59. The number of hydrogen-bond acceptors (Lipinski definition) is 7. The first-order valence-electron chi connectivity index (χ1n) is 10.0. The maximum absolute atomic E-state index is 12.3. The van der Waals surface area contributed by atoms with Gasteiger partial charge in [0.25, 0.3) is 5.69 Å². The molecular weight excluding hydrogens is 388 g/mol. The lowest BCUT2D eigenvalue weighted by atomic mass is 9.92. The van der Waals surface area contributed by atoms with Crippen LogP contribution in [0, 0.1) is 10.1 Å². The van der Waals surface area contributed by atoms with Crippen molar-refractivity contribution in [1.29, 1.82) is 0 Å². The van der Waals surface area contributed by atoms with Crippen LogP contribution in [0.25, 0.3) is 0 Å². The van der Waals surface area contributed by atoms with E-state index in [1.54, 1.807) is 36.4 Å². The molecule has 0 aromatic heterocycles. The number of hydrogen-bond donors (Lipinski definition) is 0. The molecule has 0 saturated carbocycles. The van der Waals surface area contributed by atoms with Crippen LogP contribution >= 0.6 is 0 Å². The van der Waals surface area contributed by atoms with Crippen molar-refractivity contribution >= 4 is 17.3 Å². The minimum absolute atomic E-state index is 0.0818. The molecule has 158 valence electrons. The Hall–Kier alpha value is -3.13. The highest BCUT2D eigenvalue weighted by molar-refractivity contribution is 5.89. The molecule has 2 aromatic rings. The average molecular weight is 412 g/mol. The maximum atomic E-state index is 12.3. The second-order valence-electron chi connectivity index (χ2n) is 7.80. The Balaban J connectivity index is 1.53. The van der Waals surface area contributed by atoms with Gasteiger partial charge >= 0.3 is 5.97 Å². The number of fused-ring (bicyclic) bond motifs is 1. The summed E-state index contributed by atoms with van der Waals surface area (Å²) in [5.41, 5.74) is 1.20.